The number of nitrogens with zero attached hydrogens (tertiary/aromatic N) is 3. The number of amides is 1. The number of carbonyl (C=O) groups is 1. The van der Waals surface area contributed by atoms with Crippen molar-refractivity contribution in [3.05, 3.63) is 30.2 Å². The second-order valence-corrected chi connectivity index (χ2v) is 10.0. The van der Waals surface area contributed by atoms with Crippen LogP contribution in [0.5, 0.6) is 5.75 Å². The summed E-state index contributed by atoms with van der Waals surface area (Å²) in [6, 6.07) is 7.57. The number of methoxy groups -OCH3 is 1. The summed E-state index contributed by atoms with van der Waals surface area (Å²) in [5, 5.41) is 4.21. The van der Waals surface area contributed by atoms with Gasteiger partial charge in [0.15, 0.2) is 0 Å². The van der Waals surface area contributed by atoms with Crippen LogP contribution in [0.4, 0.5) is 0 Å². The first-order chi connectivity index (χ1) is 14.6. The summed E-state index contributed by atoms with van der Waals surface area (Å²) >= 11 is 0. The van der Waals surface area contributed by atoms with Gasteiger partial charge in [-0.2, -0.15) is 4.98 Å². The highest BCUT2D eigenvalue weighted by atomic mass is 16.5. The lowest BCUT2D eigenvalue weighted by molar-refractivity contribution is -0.159. The number of hydrogen-bond acceptors (Lipinski definition) is 5. The fourth-order valence-electron chi connectivity index (χ4n) is 7.17. The standard InChI is InChI=1S/C24H29N3O3/c1-29-19-6-4-18(5-7-19)21-25-22(30-26-21)20-3-2-8-27(20)23(28)24-12-15-9-16(13-24)11-17(10-15)14-24/h4-7,15-17,20H,2-3,8-14H2,1H3/t15?,16?,17?,20-,24?/m0/s1. The van der Waals surface area contributed by atoms with E-state index in [0.29, 0.717) is 17.6 Å². The Hall–Kier alpha value is -2.37. The van der Waals surface area contributed by atoms with Crippen molar-refractivity contribution in [3.63, 3.8) is 0 Å². The zero-order chi connectivity index (χ0) is 20.3. The molecule has 2 aromatic rings. The second-order valence-electron chi connectivity index (χ2n) is 10.0. The highest BCUT2D eigenvalue weighted by molar-refractivity contribution is 5.84. The average Bonchev–Trinajstić information content (AvgIpc) is 3.42. The van der Waals surface area contributed by atoms with Gasteiger partial charge in [0.05, 0.1) is 12.5 Å². The first-order valence-electron chi connectivity index (χ1n) is 11.4. The van der Waals surface area contributed by atoms with E-state index in [4.69, 9.17) is 9.26 Å². The molecule has 1 aliphatic heterocycles. The molecule has 0 N–H and O–H groups in total. The monoisotopic (exact) mass is 407 g/mol. The van der Waals surface area contributed by atoms with Crippen molar-refractivity contribution < 1.29 is 14.1 Å². The van der Waals surface area contributed by atoms with Gasteiger partial charge < -0.3 is 14.2 Å². The topological polar surface area (TPSA) is 68.5 Å². The van der Waals surface area contributed by atoms with Gasteiger partial charge in [-0.3, -0.25) is 4.79 Å². The van der Waals surface area contributed by atoms with E-state index in [1.807, 2.05) is 24.3 Å². The summed E-state index contributed by atoms with van der Waals surface area (Å²) in [4.78, 5) is 20.6. The van der Waals surface area contributed by atoms with Gasteiger partial charge in [0.25, 0.3) is 0 Å². The van der Waals surface area contributed by atoms with Crippen LogP contribution in [0.1, 0.15) is 63.3 Å². The number of ether oxygens (including phenoxy) is 1. The summed E-state index contributed by atoms with van der Waals surface area (Å²) in [5.74, 6) is 4.63. The molecule has 0 unspecified atom stereocenters. The Morgan fingerprint density at radius 1 is 1.10 bits per heavy atom. The summed E-state index contributed by atoms with van der Waals surface area (Å²) in [7, 11) is 1.65. The maximum absolute atomic E-state index is 13.9. The van der Waals surface area contributed by atoms with Crippen molar-refractivity contribution in [2.24, 2.45) is 23.2 Å². The lowest BCUT2D eigenvalue weighted by Crippen LogP contribution is -2.54. The molecule has 4 saturated carbocycles. The first kappa shape index (κ1) is 18.4. The molecule has 7 rings (SSSR count). The molecule has 1 amide bonds. The van der Waals surface area contributed by atoms with Crippen LogP contribution < -0.4 is 4.74 Å². The molecule has 5 fully saturated rings. The van der Waals surface area contributed by atoms with Crippen molar-refractivity contribution in [2.75, 3.05) is 13.7 Å². The van der Waals surface area contributed by atoms with Crippen LogP contribution in [0.15, 0.2) is 28.8 Å². The maximum Gasteiger partial charge on any atom is 0.249 e. The maximum atomic E-state index is 13.9. The van der Waals surface area contributed by atoms with Crippen LogP contribution in [0, 0.1) is 23.2 Å². The van der Waals surface area contributed by atoms with Gasteiger partial charge in [-0.1, -0.05) is 5.16 Å². The highest BCUT2D eigenvalue weighted by Gasteiger charge is 2.56. The minimum Gasteiger partial charge on any atom is -0.497 e. The van der Waals surface area contributed by atoms with Crippen molar-refractivity contribution >= 4 is 5.91 Å². The summed E-state index contributed by atoms with van der Waals surface area (Å²) < 4.78 is 10.9. The van der Waals surface area contributed by atoms with Gasteiger partial charge >= 0.3 is 0 Å². The van der Waals surface area contributed by atoms with E-state index in [0.717, 1.165) is 67.7 Å². The molecule has 4 bridgehead atoms. The number of rotatable bonds is 4. The van der Waals surface area contributed by atoms with Crippen molar-refractivity contribution in [1.29, 1.82) is 0 Å². The molecular weight excluding hydrogens is 378 g/mol. The molecule has 1 saturated heterocycles. The van der Waals surface area contributed by atoms with Crippen LogP contribution in [-0.2, 0) is 4.79 Å². The van der Waals surface area contributed by atoms with Crippen LogP contribution in [0.3, 0.4) is 0 Å². The Morgan fingerprint density at radius 3 is 2.40 bits per heavy atom. The first-order valence-corrected chi connectivity index (χ1v) is 11.4. The second kappa shape index (κ2) is 6.82. The van der Waals surface area contributed by atoms with Crippen molar-refractivity contribution in [1.82, 2.24) is 15.0 Å². The van der Waals surface area contributed by atoms with Crippen LogP contribution >= 0.6 is 0 Å². The molecule has 6 nitrogen and oxygen atoms in total. The smallest absolute Gasteiger partial charge is 0.249 e. The van der Waals surface area contributed by atoms with E-state index in [9.17, 15) is 4.79 Å². The third-order valence-electron chi connectivity index (χ3n) is 8.08. The van der Waals surface area contributed by atoms with Crippen LogP contribution in [-0.4, -0.2) is 34.6 Å². The minimum absolute atomic E-state index is 0.0787. The van der Waals surface area contributed by atoms with E-state index >= 15 is 0 Å². The molecule has 2 heterocycles. The molecule has 1 atom stereocenters. The third kappa shape index (κ3) is 2.87. The number of aromatic nitrogens is 2. The van der Waals surface area contributed by atoms with Crippen molar-refractivity contribution in [3.8, 4) is 17.1 Å². The number of benzene rings is 1. The fourth-order valence-corrected chi connectivity index (χ4v) is 7.17. The van der Waals surface area contributed by atoms with Gasteiger partial charge in [0.2, 0.25) is 17.6 Å². The Bertz CT molecular complexity index is 916. The molecule has 0 spiro atoms. The zero-order valence-corrected chi connectivity index (χ0v) is 17.5. The summed E-state index contributed by atoms with van der Waals surface area (Å²) in [6.45, 7) is 0.811. The van der Waals surface area contributed by atoms with E-state index in [1.165, 1.54) is 19.3 Å². The number of hydrogen-bond donors (Lipinski definition) is 0. The number of likely N-dealkylation sites (tertiary alicyclic amines) is 1. The zero-order valence-electron chi connectivity index (χ0n) is 17.5. The van der Waals surface area contributed by atoms with Gasteiger partial charge in [0, 0.05) is 12.1 Å². The normalized spacial score (nSPS) is 34.5. The molecule has 30 heavy (non-hydrogen) atoms. The van der Waals surface area contributed by atoms with Crippen LogP contribution in [0.25, 0.3) is 11.4 Å². The predicted octanol–water partition coefficient (Wildman–Crippen LogP) is 4.63. The van der Waals surface area contributed by atoms with Gasteiger partial charge in [-0.15, -0.1) is 0 Å². The highest BCUT2D eigenvalue weighted by Crippen LogP contribution is 2.61. The Kier molecular flexibility index (Phi) is 4.19. The van der Waals surface area contributed by atoms with E-state index in [2.05, 4.69) is 15.0 Å². The van der Waals surface area contributed by atoms with E-state index in [1.54, 1.807) is 7.11 Å². The Labute approximate surface area is 177 Å². The van der Waals surface area contributed by atoms with Crippen LogP contribution in [0.2, 0.25) is 0 Å². The number of carbonyl (C=O) groups excluding carboxylic acids is 1. The lowest BCUT2D eigenvalue weighted by Gasteiger charge is -2.56. The minimum atomic E-state index is -0.115. The molecule has 1 aromatic carbocycles. The Morgan fingerprint density at radius 2 is 1.77 bits per heavy atom. The molecular formula is C24H29N3O3. The SMILES string of the molecule is COc1ccc(-c2noc([C@@H]3CCCN3C(=O)C34CC5CC(CC(C5)C3)C4)n2)cc1. The predicted molar refractivity (Wildman–Crippen MR) is 111 cm³/mol. The van der Waals surface area contributed by atoms with Gasteiger partial charge in [-0.05, 0) is 93.4 Å². The Balaban J connectivity index is 1.24. The lowest BCUT2D eigenvalue weighted by atomic mass is 9.49. The third-order valence-corrected chi connectivity index (χ3v) is 8.08. The largest absolute Gasteiger partial charge is 0.497 e. The van der Waals surface area contributed by atoms with E-state index < -0.39 is 0 Å². The molecule has 0 radical (unpaired) electrons. The average molecular weight is 408 g/mol. The summed E-state index contributed by atoms with van der Waals surface area (Å²) in [5.41, 5.74) is 0.777. The van der Waals surface area contributed by atoms with Gasteiger partial charge in [0.1, 0.15) is 11.8 Å². The van der Waals surface area contributed by atoms with Gasteiger partial charge in [-0.25, -0.2) is 0 Å². The molecule has 1 aromatic heterocycles. The quantitative estimate of drug-likeness (QED) is 0.739. The molecule has 158 valence electrons. The molecule has 6 heteroatoms. The van der Waals surface area contributed by atoms with E-state index in [-0.39, 0.29) is 11.5 Å². The summed E-state index contributed by atoms with van der Waals surface area (Å²) in [6.07, 6.45) is 9.26. The fraction of sp³-hybridized carbons (Fsp3) is 0.625. The molecule has 4 aliphatic carbocycles. The molecule has 5 aliphatic rings. The van der Waals surface area contributed by atoms with Crippen molar-refractivity contribution in [2.45, 2.75) is 57.4 Å².